The van der Waals surface area contributed by atoms with Crippen molar-refractivity contribution in [1.82, 2.24) is 10.1 Å². The predicted molar refractivity (Wildman–Crippen MR) is 83.7 cm³/mol. The number of aromatic nitrogens is 2. The minimum atomic E-state index is 0.0866. The molecule has 0 aliphatic heterocycles. The number of hydrogen-bond donors (Lipinski definition) is 2. The molecule has 3 aromatic rings. The minimum absolute atomic E-state index is 0.0866. The van der Waals surface area contributed by atoms with Crippen molar-refractivity contribution in [1.29, 1.82) is 5.41 Å². The van der Waals surface area contributed by atoms with E-state index in [9.17, 15) is 0 Å². The van der Waals surface area contributed by atoms with Gasteiger partial charge >= 0.3 is 0 Å². The molecule has 102 valence electrons. The standard InChI is InChI=1S/C12H10N4OS3/c1-18-12-6(4-9(20-12)10(13)14)11-16-7(5-19-11)8-2-3-15-17-8/h2-5H,1H3,(H3,13,14). The lowest BCUT2D eigenvalue weighted by Crippen LogP contribution is -2.08. The number of nitrogens with two attached hydrogens (primary N) is 1. The maximum atomic E-state index is 7.54. The van der Waals surface area contributed by atoms with Crippen LogP contribution in [0.25, 0.3) is 22.0 Å². The van der Waals surface area contributed by atoms with Crippen LogP contribution in [-0.2, 0) is 0 Å². The monoisotopic (exact) mass is 322 g/mol. The topological polar surface area (TPSA) is 88.8 Å². The largest absolute Gasteiger partial charge is 0.383 e. The van der Waals surface area contributed by atoms with Gasteiger partial charge in [0.25, 0.3) is 0 Å². The molecule has 8 heteroatoms. The highest BCUT2D eigenvalue weighted by Gasteiger charge is 2.16. The van der Waals surface area contributed by atoms with Gasteiger partial charge in [-0.15, -0.1) is 34.4 Å². The second-order valence-corrected chi connectivity index (χ2v) is 6.83. The molecule has 5 nitrogen and oxygen atoms in total. The number of nitrogens with one attached hydrogen (secondary N) is 1. The van der Waals surface area contributed by atoms with E-state index in [-0.39, 0.29) is 5.84 Å². The Morgan fingerprint density at radius 3 is 3.00 bits per heavy atom. The molecule has 0 radical (unpaired) electrons. The van der Waals surface area contributed by atoms with Crippen molar-refractivity contribution in [2.24, 2.45) is 5.73 Å². The smallest absolute Gasteiger partial charge is 0.186 e. The Morgan fingerprint density at radius 2 is 2.35 bits per heavy atom. The van der Waals surface area contributed by atoms with E-state index >= 15 is 0 Å². The molecule has 0 aromatic carbocycles. The van der Waals surface area contributed by atoms with Crippen LogP contribution in [0.2, 0.25) is 0 Å². The summed E-state index contributed by atoms with van der Waals surface area (Å²) in [7, 11) is 0. The van der Waals surface area contributed by atoms with Crippen molar-refractivity contribution in [3.63, 3.8) is 0 Å². The fourth-order valence-corrected chi connectivity index (χ4v) is 4.36. The van der Waals surface area contributed by atoms with Crippen LogP contribution < -0.4 is 5.73 Å². The Balaban J connectivity index is 2.03. The molecule has 3 heterocycles. The summed E-state index contributed by atoms with van der Waals surface area (Å²) < 4.78 is 6.21. The van der Waals surface area contributed by atoms with Gasteiger partial charge in [0, 0.05) is 17.0 Å². The second kappa shape index (κ2) is 5.39. The zero-order valence-corrected chi connectivity index (χ0v) is 12.9. The predicted octanol–water partition coefficient (Wildman–Crippen LogP) is 3.53. The number of nitrogens with zero attached hydrogens (tertiary/aromatic N) is 2. The number of amidine groups is 1. The van der Waals surface area contributed by atoms with E-state index in [0.717, 1.165) is 25.4 Å². The quantitative estimate of drug-likeness (QED) is 0.436. The van der Waals surface area contributed by atoms with Gasteiger partial charge in [-0.1, -0.05) is 5.16 Å². The van der Waals surface area contributed by atoms with Crippen LogP contribution >= 0.6 is 34.4 Å². The lowest BCUT2D eigenvalue weighted by molar-refractivity contribution is 0.431. The summed E-state index contributed by atoms with van der Waals surface area (Å²) in [4.78, 5) is 5.34. The molecule has 20 heavy (non-hydrogen) atoms. The Bertz CT molecular complexity index is 745. The van der Waals surface area contributed by atoms with Crippen molar-refractivity contribution in [2.75, 3.05) is 6.26 Å². The van der Waals surface area contributed by atoms with Gasteiger partial charge in [0.2, 0.25) is 0 Å². The van der Waals surface area contributed by atoms with Gasteiger partial charge < -0.3 is 10.3 Å². The lowest BCUT2D eigenvalue weighted by Gasteiger charge is -1.94. The van der Waals surface area contributed by atoms with Crippen LogP contribution in [0.3, 0.4) is 0 Å². The molecule has 0 aliphatic rings. The average molecular weight is 322 g/mol. The molecule has 0 bridgehead atoms. The first-order valence-corrected chi connectivity index (χ1v) is 8.50. The van der Waals surface area contributed by atoms with Crippen molar-refractivity contribution in [2.45, 2.75) is 4.21 Å². The Morgan fingerprint density at radius 1 is 1.50 bits per heavy atom. The van der Waals surface area contributed by atoms with Crippen LogP contribution in [0, 0.1) is 5.41 Å². The highest BCUT2D eigenvalue weighted by molar-refractivity contribution is 8.00. The molecule has 0 spiro atoms. The van der Waals surface area contributed by atoms with Gasteiger partial charge in [0.15, 0.2) is 5.76 Å². The van der Waals surface area contributed by atoms with E-state index < -0.39 is 0 Å². The first kappa shape index (κ1) is 13.3. The molecule has 0 fully saturated rings. The molecule has 0 unspecified atom stereocenters. The van der Waals surface area contributed by atoms with Crippen molar-refractivity contribution in [3.05, 3.63) is 28.6 Å². The normalized spacial score (nSPS) is 10.8. The van der Waals surface area contributed by atoms with E-state index in [0.29, 0.717) is 5.76 Å². The zero-order chi connectivity index (χ0) is 14.1. The molecule has 0 atom stereocenters. The highest BCUT2D eigenvalue weighted by atomic mass is 32.2. The van der Waals surface area contributed by atoms with Crippen LogP contribution in [0.5, 0.6) is 0 Å². The van der Waals surface area contributed by atoms with E-state index in [1.807, 2.05) is 17.7 Å². The fourth-order valence-electron chi connectivity index (χ4n) is 1.67. The third kappa shape index (κ3) is 2.37. The summed E-state index contributed by atoms with van der Waals surface area (Å²) in [6.45, 7) is 0. The van der Waals surface area contributed by atoms with Gasteiger partial charge in [-0.05, 0) is 12.3 Å². The number of nitrogen functional groups attached to an aromatic ring is 1. The highest BCUT2D eigenvalue weighted by Crippen LogP contribution is 2.39. The molecule has 3 N–H and O–H groups in total. The second-order valence-electron chi connectivity index (χ2n) is 3.84. The maximum absolute atomic E-state index is 7.54. The lowest BCUT2D eigenvalue weighted by atomic mass is 10.3. The summed E-state index contributed by atoms with van der Waals surface area (Å²) in [6.07, 6.45) is 3.60. The summed E-state index contributed by atoms with van der Waals surface area (Å²) in [5, 5.41) is 14.1. The van der Waals surface area contributed by atoms with E-state index in [1.165, 1.54) is 22.7 Å². The Kier molecular flexibility index (Phi) is 3.60. The van der Waals surface area contributed by atoms with Crippen LogP contribution in [-0.4, -0.2) is 22.2 Å². The van der Waals surface area contributed by atoms with Crippen molar-refractivity contribution >= 4 is 40.3 Å². The third-order valence-corrected chi connectivity index (χ3v) is 5.75. The number of thioether (sulfide) groups is 1. The van der Waals surface area contributed by atoms with Gasteiger partial charge in [-0.2, -0.15) is 0 Å². The van der Waals surface area contributed by atoms with Crippen LogP contribution in [0.4, 0.5) is 0 Å². The van der Waals surface area contributed by atoms with Crippen molar-refractivity contribution in [3.8, 4) is 22.0 Å². The number of rotatable bonds is 4. The molecule has 0 amide bonds. The number of thiophene rings is 1. The van der Waals surface area contributed by atoms with E-state index in [1.54, 1.807) is 24.0 Å². The molecule has 0 aliphatic carbocycles. The Labute approximate surface area is 127 Å². The number of hydrogen-bond acceptors (Lipinski definition) is 7. The van der Waals surface area contributed by atoms with Gasteiger partial charge in [-0.25, -0.2) is 4.98 Å². The molecular formula is C12H10N4OS3. The average Bonchev–Trinajstić information content (AvgIpc) is 3.17. The maximum Gasteiger partial charge on any atom is 0.186 e. The van der Waals surface area contributed by atoms with Gasteiger partial charge in [0.05, 0.1) is 15.3 Å². The first-order chi connectivity index (χ1) is 9.69. The van der Waals surface area contributed by atoms with E-state index in [4.69, 9.17) is 15.7 Å². The minimum Gasteiger partial charge on any atom is -0.383 e. The van der Waals surface area contributed by atoms with Crippen molar-refractivity contribution < 1.29 is 4.52 Å². The van der Waals surface area contributed by atoms with Gasteiger partial charge in [0.1, 0.15) is 16.5 Å². The summed E-state index contributed by atoms with van der Waals surface area (Å²) in [5.74, 6) is 0.740. The molecule has 0 saturated carbocycles. The van der Waals surface area contributed by atoms with Crippen LogP contribution in [0.1, 0.15) is 4.88 Å². The molecule has 3 rings (SSSR count). The summed E-state index contributed by atoms with van der Waals surface area (Å²) in [5.41, 5.74) is 7.34. The SMILES string of the molecule is CSc1sc(C(=N)N)cc1-c1nc(-c2ccno2)cs1. The number of thiazole rings is 1. The summed E-state index contributed by atoms with van der Waals surface area (Å²) >= 11 is 4.68. The first-order valence-electron chi connectivity index (χ1n) is 5.58. The Hall–Kier alpha value is -1.64. The van der Waals surface area contributed by atoms with Gasteiger partial charge in [-0.3, -0.25) is 5.41 Å². The summed E-state index contributed by atoms with van der Waals surface area (Å²) in [6, 6.07) is 3.70. The van der Waals surface area contributed by atoms with Crippen LogP contribution in [0.15, 0.2) is 32.4 Å². The third-order valence-electron chi connectivity index (χ3n) is 2.57. The zero-order valence-electron chi connectivity index (χ0n) is 10.4. The molecule has 3 aromatic heterocycles. The molecule has 0 saturated heterocycles. The fraction of sp³-hybridized carbons (Fsp3) is 0.0833. The molecular weight excluding hydrogens is 312 g/mol. The van der Waals surface area contributed by atoms with E-state index in [2.05, 4.69) is 10.1 Å².